The Labute approximate surface area is 83.3 Å². The van der Waals surface area contributed by atoms with Gasteiger partial charge in [0.1, 0.15) is 0 Å². The predicted molar refractivity (Wildman–Crippen MR) is 53.0 cm³/mol. The highest BCUT2D eigenvalue weighted by Gasteiger charge is 2.67. The Balaban J connectivity index is 2.28. The van der Waals surface area contributed by atoms with Crippen LogP contribution in [0.15, 0.2) is 10.3 Å². The summed E-state index contributed by atoms with van der Waals surface area (Å²) < 4.78 is 0. The van der Waals surface area contributed by atoms with Crippen molar-refractivity contribution in [1.82, 2.24) is 0 Å². The maximum Gasteiger partial charge on any atom is 0.0665 e. The van der Waals surface area contributed by atoms with Gasteiger partial charge in [-0.25, -0.2) is 0 Å². The van der Waals surface area contributed by atoms with Gasteiger partial charge in [-0.2, -0.15) is 0 Å². The molecule has 4 nitrogen and oxygen atoms in total. The Morgan fingerprint density at radius 3 is 2.57 bits per heavy atom. The normalized spacial score (nSPS) is 42.6. The summed E-state index contributed by atoms with van der Waals surface area (Å²) in [7, 11) is 0. The van der Waals surface area contributed by atoms with Gasteiger partial charge >= 0.3 is 0 Å². The van der Waals surface area contributed by atoms with E-state index in [9.17, 15) is 0 Å². The molecule has 0 amide bonds. The third kappa shape index (κ3) is 0.996. The monoisotopic (exact) mass is 196 g/mol. The van der Waals surface area contributed by atoms with Gasteiger partial charge in [-0.3, -0.25) is 0 Å². The highest BCUT2D eigenvalue weighted by atomic mass is 16.4. The summed E-state index contributed by atoms with van der Waals surface area (Å²) >= 11 is 0. The molecule has 0 aromatic heterocycles. The summed E-state index contributed by atoms with van der Waals surface area (Å²) in [6.07, 6.45) is 0.839. The van der Waals surface area contributed by atoms with Crippen LogP contribution in [0.2, 0.25) is 0 Å². The van der Waals surface area contributed by atoms with Crippen molar-refractivity contribution < 1.29 is 10.4 Å². The van der Waals surface area contributed by atoms with E-state index in [0.29, 0.717) is 23.0 Å². The standard InChI is InChI=1S/C10H16N2O2/c1-5(11-13)8-7(12-14)4-6-9(8)10(6,2)3/h6,8-9,13-14H,4H2,1-3H3/b11-5+,12-7+/t6-,8+,9-/m0/s1. The average molecular weight is 196 g/mol. The minimum absolute atomic E-state index is 0.0463. The van der Waals surface area contributed by atoms with Crippen molar-refractivity contribution >= 4 is 11.4 Å². The molecular formula is C10H16N2O2. The molecule has 78 valence electrons. The number of nitrogens with zero attached hydrogens (tertiary/aromatic N) is 2. The first kappa shape index (κ1) is 9.49. The lowest BCUT2D eigenvalue weighted by Gasteiger charge is -2.17. The molecular weight excluding hydrogens is 180 g/mol. The van der Waals surface area contributed by atoms with Crippen LogP contribution in [0.4, 0.5) is 0 Å². The van der Waals surface area contributed by atoms with E-state index in [1.54, 1.807) is 6.92 Å². The van der Waals surface area contributed by atoms with Gasteiger partial charge in [-0.05, 0) is 30.6 Å². The van der Waals surface area contributed by atoms with Gasteiger partial charge in [-0.15, -0.1) is 0 Å². The minimum Gasteiger partial charge on any atom is -0.411 e. The summed E-state index contributed by atoms with van der Waals surface area (Å²) in [6, 6.07) is 0. The van der Waals surface area contributed by atoms with Gasteiger partial charge in [0.2, 0.25) is 0 Å². The highest BCUT2D eigenvalue weighted by molar-refractivity contribution is 6.09. The molecule has 2 fully saturated rings. The summed E-state index contributed by atoms with van der Waals surface area (Å²) in [5.74, 6) is 1.13. The first-order chi connectivity index (χ1) is 6.54. The lowest BCUT2D eigenvalue weighted by molar-refractivity contribution is 0.308. The molecule has 0 unspecified atom stereocenters. The maximum atomic E-state index is 8.84. The van der Waals surface area contributed by atoms with E-state index in [1.807, 2.05) is 0 Å². The van der Waals surface area contributed by atoms with Gasteiger partial charge in [0, 0.05) is 5.92 Å². The second kappa shape index (κ2) is 2.72. The fourth-order valence-corrected chi connectivity index (χ4v) is 3.06. The van der Waals surface area contributed by atoms with Gasteiger partial charge in [0.05, 0.1) is 11.4 Å². The summed E-state index contributed by atoms with van der Waals surface area (Å²) in [6.45, 7) is 6.22. The Kier molecular flexibility index (Phi) is 1.84. The van der Waals surface area contributed by atoms with Gasteiger partial charge in [-0.1, -0.05) is 24.2 Å². The van der Waals surface area contributed by atoms with Crippen LogP contribution in [0.3, 0.4) is 0 Å². The van der Waals surface area contributed by atoms with E-state index in [2.05, 4.69) is 24.2 Å². The van der Waals surface area contributed by atoms with E-state index in [1.165, 1.54) is 0 Å². The minimum atomic E-state index is 0.0463. The van der Waals surface area contributed by atoms with E-state index in [-0.39, 0.29) is 5.92 Å². The van der Waals surface area contributed by atoms with Crippen LogP contribution in [-0.2, 0) is 0 Å². The molecule has 2 saturated carbocycles. The van der Waals surface area contributed by atoms with Crippen LogP contribution in [0, 0.1) is 23.2 Å². The van der Waals surface area contributed by atoms with Crippen molar-refractivity contribution in [3.63, 3.8) is 0 Å². The molecule has 2 N–H and O–H groups in total. The highest BCUT2D eigenvalue weighted by Crippen LogP contribution is 2.68. The van der Waals surface area contributed by atoms with E-state index in [0.717, 1.165) is 12.1 Å². The Morgan fingerprint density at radius 1 is 1.43 bits per heavy atom. The second-order valence-electron chi connectivity index (χ2n) is 4.97. The average Bonchev–Trinajstić information content (AvgIpc) is 2.57. The summed E-state index contributed by atoms with van der Waals surface area (Å²) in [4.78, 5) is 0. The molecule has 0 radical (unpaired) electrons. The lowest BCUT2D eigenvalue weighted by atomic mass is 9.88. The molecule has 0 saturated heterocycles. The molecule has 0 aliphatic heterocycles. The third-order valence-corrected chi connectivity index (χ3v) is 4.02. The largest absolute Gasteiger partial charge is 0.411 e. The lowest BCUT2D eigenvalue weighted by Crippen LogP contribution is -2.24. The fourth-order valence-electron chi connectivity index (χ4n) is 3.06. The van der Waals surface area contributed by atoms with Crippen LogP contribution in [0.1, 0.15) is 27.2 Å². The summed E-state index contributed by atoms with van der Waals surface area (Å²) in [5, 5.41) is 24.2. The molecule has 14 heavy (non-hydrogen) atoms. The van der Waals surface area contributed by atoms with Gasteiger partial charge in [0.25, 0.3) is 0 Å². The van der Waals surface area contributed by atoms with Gasteiger partial charge in [0.15, 0.2) is 0 Å². The maximum absolute atomic E-state index is 8.84. The van der Waals surface area contributed by atoms with Crippen LogP contribution in [0.5, 0.6) is 0 Å². The molecule has 3 atom stereocenters. The molecule has 0 aromatic rings. The molecule has 0 heterocycles. The van der Waals surface area contributed by atoms with Crippen molar-refractivity contribution in [2.24, 2.45) is 33.5 Å². The molecule has 0 spiro atoms. The SMILES string of the molecule is C/C(=N\O)[C@@H]1/C(=N/O)C[C@H]2[C@@H]1C2(C)C. The predicted octanol–water partition coefficient (Wildman–Crippen LogP) is 1.96. The first-order valence-electron chi connectivity index (χ1n) is 4.93. The molecule has 4 heteroatoms. The molecule has 2 aliphatic carbocycles. The van der Waals surface area contributed by atoms with Crippen molar-refractivity contribution in [2.45, 2.75) is 27.2 Å². The van der Waals surface area contributed by atoms with Crippen molar-refractivity contribution in [3.05, 3.63) is 0 Å². The zero-order valence-corrected chi connectivity index (χ0v) is 8.73. The second-order valence-corrected chi connectivity index (χ2v) is 4.97. The molecule has 0 bridgehead atoms. The number of oxime groups is 2. The van der Waals surface area contributed by atoms with Crippen molar-refractivity contribution in [1.29, 1.82) is 0 Å². The smallest absolute Gasteiger partial charge is 0.0665 e. The van der Waals surface area contributed by atoms with Crippen LogP contribution in [0.25, 0.3) is 0 Å². The van der Waals surface area contributed by atoms with Crippen LogP contribution >= 0.6 is 0 Å². The molecule has 2 aliphatic rings. The van der Waals surface area contributed by atoms with E-state index in [4.69, 9.17) is 10.4 Å². The number of fused-ring (bicyclic) bond motifs is 1. The number of rotatable bonds is 1. The van der Waals surface area contributed by atoms with Crippen LogP contribution < -0.4 is 0 Å². The van der Waals surface area contributed by atoms with Crippen molar-refractivity contribution in [3.8, 4) is 0 Å². The van der Waals surface area contributed by atoms with Gasteiger partial charge < -0.3 is 10.4 Å². The zero-order valence-electron chi connectivity index (χ0n) is 8.73. The number of hydrogen-bond acceptors (Lipinski definition) is 4. The Morgan fingerprint density at radius 2 is 2.07 bits per heavy atom. The van der Waals surface area contributed by atoms with E-state index < -0.39 is 0 Å². The topological polar surface area (TPSA) is 65.2 Å². The summed E-state index contributed by atoms with van der Waals surface area (Å²) in [5.41, 5.74) is 1.75. The zero-order chi connectivity index (χ0) is 10.5. The fraction of sp³-hybridized carbons (Fsp3) is 0.800. The third-order valence-electron chi connectivity index (χ3n) is 4.02. The number of hydrogen-bond donors (Lipinski definition) is 2. The Bertz CT molecular complexity index is 320. The molecule has 2 rings (SSSR count). The first-order valence-corrected chi connectivity index (χ1v) is 4.93. The van der Waals surface area contributed by atoms with Crippen LogP contribution in [-0.4, -0.2) is 21.8 Å². The van der Waals surface area contributed by atoms with Crippen molar-refractivity contribution in [2.75, 3.05) is 0 Å². The Hall–Kier alpha value is -1.06. The quantitative estimate of drug-likeness (QED) is 0.382. The van der Waals surface area contributed by atoms with E-state index >= 15 is 0 Å². The molecule has 0 aromatic carbocycles.